The van der Waals surface area contributed by atoms with Gasteiger partial charge >= 0.3 is 0 Å². The second kappa shape index (κ2) is 4.80. The van der Waals surface area contributed by atoms with E-state index >= 15 is 0 Å². The summed E-state index contributed by atoms with van der Waals surface area (Å²) in [4.78, 5) is 0. The number of rotatable bonds is 2. The van der Waals surface area contributed by atoms with Gasteiger partial charge in [0, 0.05) is 0 Å². The van der Waals surface area contributed by atoms with Crippen LogP contribution in [0, 0.1) is 13.8 Å². The van der Waals surface area contributed by atoms with Gasteiger partial charge in [0.2, 0.25) is 0 Å². The molecular weight excluding hydrogens is 168 g/mol. The van der Waals surface area contributed by atoms with Crippen LogP contribution in [0.15, 0.2) is 36.4 Å². The molecule has 0 radical (unpaired) electrons. The summed E-state index contributed by atoms with van der Waals surface area (Å²) >= 11 is 0. The van der Waals surface area contributed by atoms with Crippen LogP contribution in [-0.4, -0.2) is 0 Å². The highest BCUT2D eigenvalue weighted by Gasteiger charge is 2.03. The lowest BCUT2D eigenvalue weighted by molar-refractivity contribution is 1.34. The van der Waals surface area contributed by atoms with Crippen molar-refractivity contribution in [2.45, 2.75) is 27.7 Å². The summed E-state index contributed by atoms with van der Waals surface area (Å²) < 4.78 is 0. The first-order chi connectivity index (χ1) is 6.70. The van der Waals surface area contributed by atoms with E-state index in [-0.39, 0.29) is 0 Å². The van der Waals surface area contributed by atoms with Gasteiger partial charge in [-0.2, -0.15) is 0 Å². The van der Waals surface area contributed by atoms with Gasteiger partial charge < -0.3 is 0 Å². The Balaban J connectivity index is 3.30. The summed E-state index contributed by atoms with van der Waals surface area (Å²) in [5, 5.41) is 0. The number of hydrogen-bond donors (Lipinski definition) is 0. The van der Waals surface area contributed by atoms with Gasteiger partial charge in [-0.15, -0.1) is 0 Å². The monoisotopic (exact) mass is 186 g/mol. The Morgan fingerprint density at radius 3 is 2.07 bits per heavy atom. The summed E-state index contributed by atoms with van der Waals surface area (Å²) in [5.74, 6) is 0. The third-order valence-electron chi connectivity index (χ3n) is 2.43. The summed E-state index contributed by atoms with van der Waals surface area (Å²) in [6, 6.07) is 6.43. The van der Waals surface area contributed by atoms with Crippen molar-refractivity contribution in [3.8, 4) is 0 Å². The van der Waals surface area contributed by atoms with Crippen LogP contribution in [0.2, 0.25) is 0 Å². The van der Waals surface area contributed by atoms with E-state index in [9.17, 15) is 0 Å². The third-order valence-corrected chi connectivity index (χ3v) is 2.43. The van der Waals surface area contributed by atoms with Crippen LogP contribution in [0.3, 0.4) is 0 Å². The smallest absolute Gasteiger partial charge is 0.0129 e. The molecule has 0 N–H and O–H groups in total. The molecule has 0 atom stereocenters. The van der Waals surface area contributed by atoms with Crippen molar-refractivity contribution < 1.29 is 0 Å². The molecule has 0 fully saturated rings. The van der Waals surface area contributed by atoms with Crippen LogP contribution in [0.25, 0.3) is 5.57 Å². The Morgan fingerprint density at radius 2 is 1.64 bits per heavy atom. The van der Waals surface area contributed by atoms with Crippen molar-refractivity contribution in [2.75, 3.05) is 0 Å². The Hall–Kier alpha value is -1.30. The van der Waals surface area contributed by atoms with Crippen LogP contribution >= 0.6 is 0 Å². The maximum Gasteiger partial charge on any atom is -0.0129 e. The lowest BCUT2D eigenvalue weighted by atomic mass is 9.95. The van der Waals surface area contributed by atoms with Crippen molar-refractivity contribution in [2.24, 2.45) is 0 Å². The van der Waals surface area contributed by atoms with Crippen LogP contribution in [0.5, 0.6) is 0 Å². The number of allylic oxidation sites excluding steroid dienone is 4. The van der Waals surface area contributed by atoms with Crippen molar-refractivity contribution in [1.29, 1.82) is 0 Å². The summed E-state index contributed by atoms with van der Waals surface area (Å²) in [6.07, 6.45) is 6.41. The molecule has 74 valence electrons. The molecule has 0 bridgehead atoms. The first-order valence-electron chi connectivity index (χ1n) is 5.06. The van der Waals surface area contributed by atoms with Gasteiger partial charge in [0.05, 0.1) is 0 Å². The second-order valence-electron chi connectivity index (χ2n) is 3.51. The van der Waals surface area contributed by atoms with Gasteiger partial charge in [-0.1, -0.05) is 36.4 Å². The minimum absolute atomic E-state index is 1.31. The zero-order valence-electron chi connectivity index (χ0n) is 9.46. The zero-order valence-corrected chi connectivity index (χ0v) is 9.46. The van der Waals surface area contributed by atoms with Gasteiger partial charge in [-0.25, -0.2) is 0 Å². The standard InChI is InChI=1S/C14H18/c1-5-8-13(6-2)14-11(3)9-7-10-12(14)4/h5-10H,1-4H3/b8-5-,13-6+. The summed E-state index contributed by atoms with van der Waals surface area (Å²) in [5.41, 5.74) is 5.36. The molecule has 0 unspecified atom stereocenters. The topological polar surface area (TPSA) is 0 Å². The predicted molar refractivity (Wildman–Crippen MR) is 64.4 cm³/mol. The van der Waals surface area contributed by atoms with Crippen molar-refractivity contribution in [3.05, 3.63) is 53.1 Å². The van der Waals surface area contributed by atoms with E-state index in [0.717, 1.165) is 0 Å². The van der Waals surface area contributed by atoms with E-state index in [1.165, 1.54) is 22.3 Å². The Bertz CT molecular complexity index is 347. The fraction of sp³-hybridized carbons (Fsp3) is 0.286. The Kier molecular flexibility index (Phi) is 3.70. The molecule has 0 aliphatic rings. The van der Waals surface area contributed by atoms with Gasteiger partial charge in [0.1, 0.15) is 0 Å². The maximum atomic E-state index is 2.16. The van der Waals surface area contributed by atoms with Gasteiger partial charge in [0.25, 0.3) is 0 Å². The van der Waals surface area contributed by atoms with E-state index in [0.29, 0.717) is 0 Å². The van der Waals surface area contributed by atoms with Crippen molar-refractivity contribution in [3.63, 3.8) is 0 Å². The lowest BCUT2D eigenvalue weighted by Crippen LogP contribution is -1.90. The maximum absolute atomic E-state index is 2.16. The van der Waals surface area contributed by atoms with Gasteiger partial charge in [0.15, 0.2) is 0 Å². The average Bonchev–Trinajstić information content (AvgIpc) is 2.16. The van der Waals surface area contributed by atoms with E-state index in [1.807, 2.05) is 0 Å². The molecular formula is C14H18. The molecule has 0 aromatic heterocycles. The molecule has 0 saturated carbocycles. The molecule has 0 nitrogen and oxygen atoms in total. The average molecular weight is 186 g/mol. The van der Waals surface area contributed by atoms with Crippen LogP contribution in [0.1, 0.15) is 30.5 Å². The highest BCUT2D eigenvalue weighted by atomic mass is 14.1. The third kappa shape index (κ3) is 2.14. The van der Waals surface area contributed by atoms with Crippen LogP contribution in [-0.2, 0) is 0 Å². The van der Waals surface area contributed by atoms with E-state index in [2.05, 4.69) is 64.1 Å². The molecule has 14 heavy (non-hydrogen) atoms. The number of hydrogen-bond acceptors (Lipinski definition) is 0. The van der Waals surface area contributed by atoms with Gasteiger partial charge in [-0.3, -0.25) is 0 Å². The van der Waals surface area contributed by atoms with Gasteiger partial charge in [-0.05, 0) is 50.0 Å². The highest BCUT2D eigenvalue weighted by Crippen LogP contribution is 2.23. The first kappa shape index (κ1) is 10.8. The minimum Gasteiger partial charge on any atom is -0.0871 e. The van der Waals surface area contributed by atoms with Crippen molar-refractivity contribution in [1.82, 2.24) is 0 Å². The molecule has 0 aliphatic heterocycles. The largest absolute Gasteiger partial charge is 0.0871 e. The van der Waals surface area contributed by atoms with Crippen molar-refractivity contribution >= 4 is 5.57 Å². The zero-order chi connectivity index (χ0) is 10.6. The fourth-order valence-electron chi connectivity index (χ4n) is 1.77. The van der Waals surface area contributed by atoms with Crippen LogP contribution in [0.4, 0.5) is 0 Å². The summed E-state index contributed by atoms with van der Waals surface area (Å²) in [6.45, 7) is 8.46. The molecule has 1 aromatic carbocycles. The van der Waals surface area contributed by atoms with Crippen LogP contribution < -0.4 is 0 Å². The quantitative estimate of drug-likeness (QED) is 0.605. The molecule has 0 aliphatic carbocycles. The molecule has 0 heteroatoms. The molecule has 0 amide bonds. The molecule has 0 spiro atoms. The fourth-order valence-corrected chi connectivity index (χ4v) is 1.77. The van der Waals surface area contributed by atoms with E-state index in [4.69, 9.17) is 0 Å². The highest BCUT2D eigenvalue weighted by molar-refractivity contribution is 5.77. The van der Waals surface area contributed by atoms with E-state index in [1.54, 1.807) is 0 Å². The second-order valence-corrected chi connectivity index (χ2v) is 3.51. The SMILES string of the molecule is C/C=C\C(=C/C)c1c(C)cccc1C. The molecule has 0 heterocycles. The number of aryl methyl sites for hydroxylation is 2. The predicted octanol–water partition coefficient (Wildman–Crippen LogP) is 4.28. The Morgan fingerprint density at radius 1 is 1.07 bits per heavy atom. The first-order valence-corrected chi connectivity index (χ1v) is 5.06. The lowest BCUT2D eigenvalue weighted by Gasteiger charge is -2.10. The molecule has 1 rings (SSSR count). The molecule has 0 saturated heterocycles. The summed E-state index contributed by atoms with van der Waals surface area (Å²) in [7, 11) is 0. The number of benzene rings is 1. The van der Waals surface area contributed by atoms with E-state index < -0.39 is 0 Å². The normalized spacial score (nSPS) is 12.4. The Labute approximate surface area is 87.0 Å². The molecule has 1 aromatic rings. The minimum atomic E-state index is 1.31.